The topological polar surface area (TPSA) is 94.8 Å². The Morgan fingerprint density at radius 3 is 1.64 bits per heavy atom. The molecule has 1 atom stereocenters. The first-order valence-electron chi connectivity index (χ1n) is 2.16. The summed E-state index contributed by atoms with van der Waals surface area (Å²) in [6.07, 6.45) is -2.54. The van der Waals surface area contributed by atoms with Crippen LogP contribution in [0.2, 0.25) is 0 Å². The van der Waals surface area contributed by atoms with Crippen LogP contribution < -0.4 is 0 Å². The van der Waals surface area contributed by atoms with Gasteiger partial charge in [0, 0.05) is 44.8 Å². The van der Waals surface area contributed by atoms with E-state index in [-0.39, 0.29) is 44.8 Å². The summed E-state index contributed by atoms with van der Waals surface area (Å²) in [5, 5.41) is 24.1. The zero-order valence-corrected chi connectivity index (χ0v) is 9.38. The molecule has 0 saturated heterocycles. The monoisotopic (exact) mass is 528 g/mol. The summed E-state index contributed by atoms with van der Waals surface area (Å²) in [4.78, 5) is 19.4. The predicted octanol–water partition coefficient (Wildman–Crippen LogP) is -1.10. The van der Waals surface area contributed by atoms with E-state index in [1.54, 1.807) is 0 Å². The first-order valence-corrected chi connectivity index (χ1v) is 2.16. The summed E-state index contributed by atoms with van der Waals surface area (Å²) < 4.78 is 0. The van der Waals surface area contributed by atoms with Crippen LogP contribution in [0.3, 0.4) is 0 Å². The second-order valence-corrected chi connectivity index (χ2v) is 1.45. The normalized spacial score (nSPS) is 10.3. The number of hydrogen-bond donors (Lipinski definition) is 3. The standard InChI is InChI=1S/C4H6O5.2Au/c5-2(4(8)9)1-3(6)7;;/h2,5H,1H2,(H,6,7)(H,8,9);;. The van der Waals surface area contributed by atoms with Gasteiger partial charge in [-0.2, -0.15) is 0 Å². The molecule has 0 aromatic rings. The maximum absolute atomic E-state index is 9.72. The molecule has 3 N–H and O–H groups in total. The smallest absolute Gasteiger partial charge is 0.333 e. The van der Waals surface area contributed by atoms with Crippen molar-refractivity contribution >= 4 is 11.9 Å². The van der Waals surface area contributed by atoms with Crippen LogP contribution in [0.5, 0.6) is 0 Å². The molecule has 7 heteroatoms. The maximum atomic E-state index is 9.72. The summed E-state index contributed by atoms with van der Waals surface area (Å²) in [7, 11) is 0. The molecule has 0 heterocycles. The zero-order valence-electron chi connectivity index (χ0n) is 5.05. The molecule has 2 radical (unpaired) electrons. The van der Waals surface area contributed by atoms with Crippen LogP contribution in [0.4, 0.5) is 0 Å². The molecule has 0 aromatic carbocycles. The van der Waals surface area contributed by atoms with E-state index in [0.717, 1.165) is 0 Å². The molecule has 0 saturated carbocycles. The fraction of sp³-hybridized carbons (Fsp3) is 0.500. The van der Waals surface area contributed by atoms with Gasteiger partial charge in [0.1, 0.15) is 0 Å². The van der Waals surface area contributed by atoms with E-state index in [1.807, 2.05) is 0 Å². The molecule has 0 rings (SSSR count). The molecule has 0 fully saturated rings. The first kappa shape index (κ1) is 17.5. The molecule has 5 nitrogen and oxygen atoms in total. The number of rotatable bonds is 3. The minimum absolute atomic E-state index is 0. The second kappa shape index (κ2) is 8.48. The quantitative estimate of drug-likeness (QED) is 0.405. The van der Waals surface area contributed by atoms with Gasteiger partial charge in [-0.25, -0.2) is 4.79 Å². The Bertz CT molecular complexity index is 136. The second-order valence-electron chi connectivity index (χ2n) is 1.45. The molecule has 0 bridgehead atoms. The van der Waals surface area contributed by atoms with Crippen molar-refractivity contribution in [1.29, 1.82) is 0 Å². The van der Waals surface area contributed by atoms with Gasteiger partial charge in [0.25, 0.3) is 0 Å². The number of aliphatic hydroxyl groups excluding tert-OH is 1. The fourth-order valence-corrected chi connectivity index (χ4v) is 0.253. The number of carbonyl (C=O) groups is 2. The molecule has 1 unspecified atom stereocenters. The Kier molecular flexibility index (Phi) is 13.5. The van der Waals surface area contributed by atoms with Crippen LogP contribution in [-0.4, -0.2) is 33.4 Å². The Morgan fingerprint density at radius 1 is 1.18 bits per heavy atom. The van der Waals surface area contributed by atoms with Gasteiger partial charge >= 0.3 is 11.9 Å². The van der Waals surface area contributed by atoms with Crippen LogP contribution in [-0.2, 0) is 54.3 Å². The molecule has 74 valence electrons. The van der Waals surface area contributed by atoms with Crippen LogP contribution in [0.1, 0.15) is 6.42 Å². The minimum atomic E-state index is -1.79. The van der Waals surface area contributed by atoms with E-state index in [0.29, 0.717) is 0 Å². The number of aliphatic hydroxyl groups is 1. The van der Waals surface area contributed by atoms with Crippen molar-refractivity contribution in [2.24, 2.45) is 0 Å². The zero-order chi connectivity index (χ0) is 7.44. The van der Waals surface area contributed by atoms with Gasteiger partial charge in [0.2, 0.25) is 0 Å². The van der Waals surface area contributed by atoms with Crippen molar-refractivity contribution in [2.45, 2.75) is 12.5 Å². The van der Waals surface area contributed by atoms with E-state index in [9.17, 15) is 9.59 Å². The Hall–Kier alpha value is 0.381. The van der Waals surface area contributed by atoms with Crippen LogP contribution in [0.15, 0.2) is 0 Å². The molecule has 0 aliphatic rings. The van der Waals surface area contributed by atoms with Gasteiger partial charge in [0.15, 0.2) is 6.10 Å². The maximum Gasteiger partial charge on any atom is 0.333 e. The molecular weight excluding hydrogens is 522 g/mol. The molecule has 0 spiro atoms. The van der Waals surface area contributed by atoms with Gasteiger partial charge in [-0.1, -0.05) is 0 Å². The molecule has 0 amide bonds. The van der Waals surface area contributed by atoms with Crippen molar-refractivity contribution in [3.8, 4) is 0 Å². The van der Waals surface area contributed by atoms with Crippen molar-refractivity contribution < 1.29 is 69.7 Å². The minimum Gasteiger partial charge on any atom is -0.481 e. The van der Waals surface area contributed by atoms with Crippen LogP contribution >= 0.6 is 0 Å². The van der Waals surface area contributed by atoms with Crippen molar-refractivity contribution in [3.05, 3.63) is 0 Å². The Balaban J connectivity index is -0.000000320. The summed E-state index contributed by atoms with van der Waals surface area (Å²) in [5.74, 6) is -2.85. The number of hydrogen-bond acceptors (Lipinski definition) is 3. The fourth-order valence-electron chi connectivity index (χ4n) is 0.253. The molecule has 11 heavy (non-hydrogen) atoms. The van der Waals surface area contributed by atoms with Crippen molar-refractivity contribution in [3.63, 3.8) is 0 Å². The third-order valence-corrected chi connectivity index (χ3v) is 0.653. The van der Waals surface area contributed by atoms with Crippen molar-refractivity contribution in [1.82, 2.24) is 0 Å². The molecule has 0 aliphatic carbocycles. The predicted molar refractivity (Wildman–Crippen MR) is 25.9 cm³/mol. The number of carboxylic acid groups (broad SMARTS) is 2. The van der Waals surface area contributed by atoms with Crippen LogP contribution in [0, 0.1) is 0 Å². The first-order chi connectivity index (χ1) is 4.04. The van der Waals surface area contributed by atoms with E-state index < -0.39 is 24.5 Å². The summed E-state index contributed by atoms with van der Waals surface area (Å²) >= 11 is 0. The third kappa shape index (κ3) is 10.4. The van der Waals surface area contributed by atoms with E-state index in [4.69, 9.17) is 15.3 Å². The van der Waals surface area contributed by atoms with Gasteiger partial charge in [-0.3, -0.25) is 4.79 Å². The SMILES string of the molecule is O=C(O)CC(O)C(=O)O.[Au].[Au]. The Labute approximate surface area is 93.8 Å². The third-order valence-electron chi connectivity index (χ3n) is 0.653. The van der Waals surface area contributed by atoms with E-state index in [1.165, 1.54) is 0 Å². The Morgan fingerprint density at radius 2 is 1.55 bits per heavy atom. The molecular formula is C4H6Au2O5. The van der Waals surface area contributed by atoms with Crippen molar-refractivity contribution in [2.75, 3.05) is 0 Å². The average Bonchev–Trinajstić information content (AvgIpc) is 1.63. The summed E-state index contributed by atoms with van der Waals surface area (Å²) in [5.41, 5.74) is 0. The average molecular weight is 528 g/mol. The van der Waals surface area contributed by atoms with Gasteiger partial charge in [0.05, 0.1) is 6.42 Å². The van der Waals surface area contributed by atoms with E-state index >= 15 is 0 Å². The summed E-state index contributed by atoms with van der Waals surface area (Å²) in [6.45, 7) is 0. The van der Waals surface area contributed by atoms with Gasteiger partial charge in [-0.15, -0.1) is 0 Å². The molecule has 0 aromatic heterocycles. The van der Waals surface area contributed by atoms with E-state index in [2.05, 4.69) is 0 Å². The largest absolute Gasteiger partial charge is 0.481 e. The van der Waals surface area contributed by atoms with Gasteiger partial charge < -0.3 is 15.3 Å². The molecule has 0 aliphatic heterocycles. The number of aliphatic carboxylic acids is 2. The van der Waals surface area contributed by atoms with Crippen LogP contribution in [0.25, 0.3) is 0 Å². The van der Waals surface area contributed by atoms with Gasteiger partial charge in [-0.05, 0) is 0 Å². The summed E-state index contributed by atoms with van der Waals surface area (Å²) in [6, 6.07) is 0. The number of carboxylic acids is 2.